The normalized spacial score (nSPS) is 10.7. The summed E-state index contributed by atoms with van der Waals surface area (Å²) in [4.78, 5) is 16.0. The molecule has 1 heterocycles. The number of imidazole rings is 1. The van der Waals surface area contributed by atoms with Gasteiger partial charge in [-0.25, -0.2) is 9.78 Å². The van der Waals surface area contributed by atoms with Gasteiger partial charge in [0.05, 0.1) is 30.0 Å². The van der Waals surface area contributed by atoms with Crippen molar-refractivity contribution in [2.45, 2.75) is 6.54 Å². The minimum absolute atomic E-state index is 0.388. The van der Waals surface area contributed by atoms with Crippen LogP contribution in [0.4, 0.5) is 0 Å². The molecule has 0 aliphatic heterocycles. The van der Waals surface area contributed by atoms with Gasteiger partial charge in [0.1, 0.15) is 0 Å². The standard InChI is InChI=1S/C16H15BN2O4/c1-23-16(20)12-4-7-14-15(8-12)19(10-18-14)9-11-2-5-13(6-3-11)17(21)22/h2-8,10,21-22H,9H2,1H3. The number of esters is 1. The van der Waals surface area contributed by atoms with Crippen molar-refractivity contribution < 1.29 is 19.6 Å². The predicted molar refractivity (Wildman–Crippen MR) is 86.4 cm³/mol. The number of nitrogens with zero attached hydrogens (tertiary/aromatic N) is 2. The fraction of sp³-hybridized carbons (Fsp3) is 0.125. The molecule has 6 nitrogen and oxygen atoms in total. The number of hydrogen-bond donors (Lipinski definition) is 2. The van der Waals surface area contributed by atoms with E-state index in [1.165, 1.54) is 7.11 Å². The minimum atomic E-state index is -1.47. The van der Waals surface area contributed by atoms with Gasteiger partial charge >= 0.3 is 13.1 Å². The number of rotatable bonds is 4. The van der Waals surface area contributed by atoms with Crippen molar-refractivity contribution in [1.82, 2.24) is 9.55 Å². The van der Waals surface area contributed by atoms with Crippen LogP contribution >= 0.6 is 0 Å². The lowest BCUT2D eigenvalue weighted by Crippen LogP contribution is -2.29. The maximum atomic E-state index is 11.7. The van der Waals surface area contributed by atoms with Crippen molar-refractivity contribution in [3.05, 3.63) is 59.9 Å². The summed E-state index contributed by atoms with van der Waals surface area (Å²) in [5.74, 6) is -0.388. The van der Waals surface area contributed by atoms with Crippen molar-refractivity contribution >= 4 is 29.6 Å². The molecule has 23 heavy (non-hydrogen) atoms. The largest absolute Gasteiger partial charge is 0.488 e. The lowest BCUT2D eigenvalue weighted by atomic mass is 9.80. The van der Waals surface area contributed by atoms with Crippen molar-refractivity contribution in [2.24, 2.45) is 0 Å². The molecule has 3 rings (SSSR count). The SMILES string of the molecule is COC(=O)c1ccc2ncn(Cc3ccc(B(O)O)cc3)c2c1. The van der Waals surface area contributed by atoms with Crippen LogP contribution in [0.5, 0.6) is 0 Å². The van der Waals surface area contributed by atoms with Gasteiger partial charge in [-0.05, 0) is 29.2 Å². The van der Waals surface area contributed by atoms with Gasteiger partial charge in [-0.15, -0.1) is 0 Å². The van der Waals surface area contributed by atoms with Crippen LogP contribution in [-0.2, 0) is 11.3 Å². The van der Waals surface area contributed by atoms with Crippen LogP contribution in [0.1, 0.15) is 15.9 Å². The Kier molecular flexibility index (Phi) is 4.14. The van der Waals surface area contributed by atoms with Gasteiger partial charge in [-0.2, -0.15) is 0 Å². The first-order chi connectivity index (χ1) is 11.1. The summed E-state index contributed by atoms with van der Waals surface area (Å²) >= 11 is 0. The molecular formula is C16H15BN2O4. The third-order valence-electron chi connectivity index (χ3n) is 3.67. The Bertz CT molecular complexity index is 843. The molecule has 0 amide bonds. The van der Waals surface area contributed by atoms with E-state index in [1.807, 2.05) is 16.7 Å². The Hall–Kier alpha value is -2.64. The quantitative estimate of drug-likeness (QED) is 0.543. The summed E-state index contributed by atoms with van der Waals surface area (Å²) in [6, 6.07) is 12.2. The third-order valence-corrected chi connectivity index (χ3v) is 3.67. The molecule has 3 aromatic rings. The molecule has 0 radical (unpaired) electrons. The summed E-state index contributed by atoms with van der Waals surface area (Å²) < 4.78 is 6.66. The third kappa shape index (κ3) is 3.11. The highest BCUT2D eigenvalue weighted by Crippen LogP contribution is 2.17. The molecule has 0 saturated heterocycles. The molecule has 0 aliphatic carbocycles. The van der Waals surface area contributed by atoms with Crippen molar-refractivity contribution in [1.29, 1.82) is 0 Å². The lowest BCUT2D eigenvalue weighted by Gasteiger charge is -2.07. The number of carbonyl (C=O) groups is 1. The highest BCUT2D eigenvalue weighted by Gasteiger charge is 2.11. The number of carbonyl (C=O) groups excluding carboxylic acids is 1. The average molecular weight is 310 g/mol. The molecule has 2 aromatic carbocycles. The summed E-state index contributed by atoms with van der Waals surface area (Å²) in [6.45, 7) is 0.558. The second kappa shape index (κ2) is 6.24. The summed E-state index contributed by atoms with van der Waals surface area (Å²) in [7, 11) is -0.123. The first-order valence-electron chi connectivity index (χ1n) is 7.06. The zero-order chi connectivity index (χ0) is 16.4. The van der Waals surface area contributed by atoms with Gasteiger partial charge in [-0.3, -0.25) is 0 Å². The highest BCUT2D eigenvalue weighted by molar-refractivity contribution is 6.58. The van der Waals surface area contributed by atoms with Crippen LogP contribution in [0.15, 0.2) is 48.8 Å². The molecule has 0 atom stereocenters. The number of aromatic nitrogens is 2. The van der Waals surface area contributed by atoms with Crippen LogP contribution < -0.4 is 5.46 Å². The van der Waals surface area contributed by atoms with E-state index in [-0.39, 0.29) is 5.97 Å². The number of benzene rings is 2. The van der Waals surface area contributed by atoms with Crippen LogP contribution in [0.2, 0.25) is 0 Å². The van der Waals surface area contributed by atoms with E-state index in [9.17, 15) is 4.79 Å². The summed E-state index contributed by atoms with van der Waals surface area (Å²) in [5, 5.41) is 18.2. The molecule has 0 spiro atoms. The molecule has 2 N–H and O–H groups in total. The van der Waals surface area contributed by atoms with E-state index in [2.05, 4.69) is 4.98 Å². The van der Waals surface area contributed by atoms with Gasteiger partial charge in [-0.1, -0.05) is 24.3 Å². The van der Waals surface area contributed by atoms with E-state index < -0.39 is 7.12 Å². The smallest absolute Gasteiger partial charge is 0.465 e. The monoisotopic (exact) mass is 310 g/mol. The van der Waals surface area contributed by atoms with Crippen LogP contribution in [0.3, 0.4) is 0 Å². The van der Waals surface area contributed by atoms with Gasteiger partial charge in [0.2, 0.25) is 0 Å². The van der Waals surface area contributed by atoms with Crippen molar-refractivity contribution in [3.63, 3.8) is 0 Å². The van der Waals surface area contributed by atoms with Gasteiger partial charge in [0, 0.05) is 6.54 Å². The van der Waals surface area contributed by atoms with Crippen molar-refractivity contribution in [2.75, 3.05) is 7.11 Å². The average Bonchev–Trinajstić information content (AvgIpc) is 2.97. The number of hydrogen-bond acceptors (Lipinski definition) is 5. The maximum absolute atomic E-state index is 11.7. The number of fused-ring (bicyclic) bond motifs is 1. The molecule has 0 fully saturated rings. The zero-order valence-electron chi connectivity index (χ0n) is 12.5. The number of ether oxygens (including phenoxy) is 1. The van der Waals surface area contributed by atoms with E-state index >= 15 is 0 Å². The van der Waals surface area contributed by atoms with E-state index in [1.54, 1.807) is 36.7 Å². The van der Waals surface area contributed by atoms with Crippen molar-refractivity contribution in [3.8, 4) is 0 Å². The molecule has 0 aliphatic rings. The predicted octanol–water partition coefficient (Wildman–Crippen LogP) is 0.551. The fourth-order valence-electron chi connectivity index (χ4n) is 2.42. The van der Waals surface area contributed by atoms with E-state index in [0.717, 1.165) is 16.6 Å². The molecule has 0 unspecified atom stereocenters. The van der Waals surface area contributed by atoms with E-state index in [4.69, 9.17) is 14.8 Å². The van der Waals surface area contributed by atoms with Crippen LogP contribution in [0.25, 0.3) is 11.0 Å². The van der Waals surface area contributed by atoms with E-state index in [0.29, 0.717) is 17.6 Å². The molecule has 116 valence electrons. The van der Waals surface area contributed by atoms with Gasteiger partial charge in [0.25, 0.3) is 0 Å². The first-order valence-corrected chi connectivity index (χ1v) is 7.06. The maximum Gasteiger partial charge on any atom is 0.488 e. The Labute approximate surface area is 133 Å². The Morgan fingerprint density at radius 1 is 1.22 bits per heavy atom. The Morgan fingerprint density at radius 3 is 2.61 bits per heavy atom. The Balaban J connectivity index is 1.91. The van der Waals surface area contributed by atoms with Crippen LogP contribution in [0, 0.1) is 0 Å². The number of methoxy groups -OCH3 is 1. The molecule has 0 bridgehead atoms. The molecule has 0 saturated carbocycles. The molecule has 1 aromatic heterocycles. The second-order valence-electron chi connectivity index (χ2n) is 5.18. The summed E-state index contributed by atoms with van der Waals surface area (Å²) in [5.41, 5.74) is 3.52. The fourth-order valence-corrected chi connectivity index (χ4v) is 2.42. The minimum Gasteiger partial charge on any atom is -0.465 e. The van der Waals surface area contributed by atoms with Gasteiger partial charge < -0.3 is 19.4 Å². The molecule has 7 heteroatoms. The summed E-state index contributed by atoms with van der Waals surface area (Å²) in [6.07, 6.45) is 1.71. The zero-order valence-corrected chi connectivity index (χ0v) is 12.5. The van der Waals surface area contributed by atoms with Crippen LogP contribution in [-0.4, -0.2) is 39.8 Å². The Morgan fingerprint density at radius 2 is 1.96 bits per heavy atom. The second-order valence-corrected chi connectivity index (χ2v) is 5.18. The lowest BCUT2D eigenvalue weighted by molar-refractivity contribution is 0.0601. The topological polar surface area (TPSA) is 84.6 Å². The highest BCUT2D eigenvalue weighted by atomic mass is 16.5. The molecular weight excluding hydrogens is 295 g/mol. The van der Waals surface area contributed by atoms with Gasteiger partial charge in [0.15, 0.2) is 0 Å². The first kappa shape index (κ1) is 15.3.